The number of nitriles is 1. The van der Waals surface area contributed by atoms with Crippen LogP contribution < -0.4 is 5.32 Å². The summed E-state index contributed by atoms with van der Waals surface area (Å²) in [5.41, 5.74) is 0.631. The normalized spacial score (nSPS) is 11.8. The molecule has 0 atom stereocenters. The van der Waals surface area contributed by atoms with Gasteiger partial charge in [-0.05, 0) is 36.4 Å². The third-order valence-corrected chi connectivity index (χ3v) is 4.44. The van der Waals surface area contributed by atoms with Crippen molar-refractivity contribution in [1.29, 1.82) is 5.26 Å². The van der Waals surface area contributed by atoms with Gasteiger partial charge >= 0.3 is 6.18 Å². The van der Waals surface area contributed by atoms with Crippen LogP contribution in [-0.2, 0) is 11.0 Å². The largest absolute Gasteiger partial charge is 0.416 e. The Morgan fingerprint density at radius 2 is 1.93 bits per heavy atom. The molecule has 1 heterocycles. The zero-order chi connectivity index (χ0) is 21.0. The zero-order valence-corrected chi connectivity index (χ0v) is 16.2. The van der Waals surface area contributed by atoms with Gasteiger partial charge in [0.15, 0.2) is 0 Å². The highest BCUT2D eigenvalue weighted by molar-refractivity contribution is 9.10. The van der Waals surface area contributed by atoms with Crippen LogP contribution in [0.15, 0.2) is 64.8 Å². The molecule has 0 aliphatic heterocycles. The number of amides is 1. The summed E-state index contributed by atoms with van der Waals surface area (Å²) in [6, 6.07) is 13.3. The molecule has 2 N–H and O–H groups in total. The Balaban J connectivity index is 1.86. The second kappa shape index (κ2) is 8.32. The Bertz CT molecular complexity index is 1110. The summed E-state index contributed by atoms with van der Waals surface area (Å²) in [4.78, 5) is 12.4. The van der Waals surface area contributed by atoms with Crippen LogP contribution >= 0.6 is 15.9 Å². The number of anilines is 1. The van der Waals surface area contributed by atoms with E-state index in [0.717, 1.165) is 22.2 Å². The number of aromatic amines is 1. The maximum atomic E-state index is 12.8. The van der Waals surface area contributed by atoms with Gasteiger partial charge in [-0.3, -0.25) is 9.89 Å². The molecule has 2 aromatic carbocycles. The van der Waals surface area contributed by atoms with E-state index in [0.29, 0.717) is 11.3 Å². The summed E-state index contributed by atoms with van der Waals surface area (Å²) in [6.45, 7) is 0. The van der Waals surface area contributed by atoms with Crippen molar-refractivity contribution in [3.05, 3.63) is 75.9 Å². The van der Waals surface area contributed by atoms with Crippen molar-refractivity contribution in [3.63, 3.8) is 0 Å². The van der Waals surface area contributed by atoms with Crippen molar-refractivity contribution in [3.8, 4) is 17.3 Å². The van der Waals surface area contributed by atoms with Gasteiger partial charge in [-0.15, -0.1) is 0 Å². The molecular weight excluding hydrogens is 449 g/mol. The molecule has 0 fully saturated rings. The number of rotatable bonds is 4. The number of hydrogen-bond donors (Lipinski definition) is 2. The molecule has 3 aromatic rings. The number of halogens is 4. The third-order valence-electron chi connectivity index (χ3n) is 3.91. The van der Waals surface area contributed by atoms with Gasteiger partial charge in [0.2, 0.25) is 0 Å². The molecule has 3 rings (SSSR count). The van der Waals surface area contributed by atoms with E-state index < -0.39 is 17.6 Å². The number of carbonyl (C=O) groups is 1. The van der Waals surface area contributed by atoms with Gasteiger partial charge in [0, 0.05) is 21.3 Å². The maximum Gasteiger partial charge on any atom is 0.416 e. The van der Waals surface area contributed by atoms with Gasteiger partial charge in [0.1, 0.15) is 11.6 Å². The average molecular weight is 461 g/mol. The van der Waals surface area contributed by atoms with Gasteiger partial charge in [-0.1, -0.05) is 34.1 Å². The highest BCUT2D eigenvalue weighted by atomic mass is 79.9. The van der Waals surface area contributed by atoms with Crippen molar-refractivity contribution >= 4 is 33.6 Å². The minimum Gasteiger partial charge on any atom is -0.321 e. The summed E-state index contributed by atoms with van der Waals surface area (Å²) < 4.78 is 39.4. The highest BCUT2D eigenvalue weighted by Crippen LogP contribution is 2.31. The van der Waals surface area contributed by atoms with Crippen molar-refractivity contribution in [1.82, 2.24) is 10.2 Å². The van der Waals surface area contributed by atoms with Gasteiger partial charge < -0.3 is 5.32 Å². The summed E-state index contributed by atoms with van der Waals surface area (Å²) in [5, 5.41) is 18.4. The lowest BCUT2D eigenvalue weighted by Crippen LogP contribution is -2.14. The lowest BCUT2D eigenvalue weighted by atomic mass is 10.1. The van der Waals surface area contributed by atoms with Gasteiger partial charge in [-0.2, -0.15) is 23.5 Å². The van der Waals surface area contributed by atoms with E-state index >= 15 is 0 Å². The molecule has 9 heteroatoms. The van der Waals surface area contributed by atoms with Crippen molar-refractivity contribution < 1.29 is 18.0 Å². The van der Waals surface area contributed by atoms with Gasteiger partial charge in [0.25, 0.3) is 5.91 Å². The van der Waals surface area contributed by atoms with E-state index in [4.69, 9.17) is 0 Å². The van der Waals surface area contributed by atoms with Gasteiger partial charge in [0.05, 0.1) is 17.5 Å². The average Bonchev–Trinajstić information content (AvgIpc) is 3.14. The van der Waals surface area contributed by atoms with Crippen LogP contribution in [0, 0.1) is 11.3 Å². The molecule has 0 aliphatic rings. The van der Waals surface area contributed by atoms with E-state index in [1.807, 2.05) is 24.3 Å². The lowest BCUT2D eigenvalue weighted by molar-refractivity contribution is -0.137. The van der Waals surface area contributed by atoms with Crippen molar-refractivity contribution in [2.75, 3.05) is 5.32 Å². The van der Waals surface area contributed by atoms with Crippen LogP contribution in [0.4, 0.5) is 18.9 Å². The predicted molar refractivity (Wildman–Crippen MR) is 105 cm³/mol. The quantitative estimate of drug-likeness (QED) is 0.403. The van der Waals surface area contributed by atoms with Crippen LogP contribution in [0.25, 0.3) is 17.3 Å². The number of nitrogens with one attached hydrogen (secondary N) is 2. The summed E-state index contributed by atoms with van der Waals surface area (Å²) in [6.07, 6.45) is -1.76. The topological polar surface area (TPSA) is 81.6 Å². The number of carbonyl (C=O) groups excluding carboxylic acids is 1. The molecule has 0 radical (unpaired) electrons. The van der Waals surface area contributed by atoms with E-state index in [1.54, 1.807) is 6.07 Å². The minimum absolute atomic E-state index is 0.0636. The Labute approximate surface area is 172 Å². The summed E-state index contributed by atoms with van der Waals surface area (Å²) in [5.74, 6) is -0.824. The third kappa shape index (κ3) is 4.92. The standard InChI is InChI=1S/C20H12BrF3N4O/c21-16-6-4-12(5-7-16)18-14(11-26-28-18)8-13(10-25)19(29)27-17-3-1-2-15(9-17)20(22,23)24/h1-9,11H,(H,26,28)(H,27,29)/b13-8+. The molecule has 0 aliphatic carbocycles. The summed E-state index contributed by atoms with van der Waals surface area (Å²) in [7, 11) is 0. The van der Waals surface area contributed by atoms with E-state index in [2.05, 4.69) is 31.4 Å². The molecule has 0 saturated carbocycles. The summed E-state index contributed by atoms with van der Waals surface area (Å²) >= 11 is 3.34. The fourth-order valence-corrected chi connectivity index (χ4v) is 2.79. The minimum atomic E-state index is -4.54. The first kappa shape index (κ1) is 20.4. The molecule has 146 valence electrons. The predicted octanol–water partition coefficient (Wildman–Crippen LogP) is 5.40. The smallest absolute Gasteiger partial charge is 0.321 e. The Morgan fingerprint density at radius 1 is 1.21 bits per heavy atom. The number of alkyl halides is 3. The SMILES string of the molecule is N#C/C(=C\c1cn[nH]c1-c1ccc(Br)cc1)C(=O)Nc1cccc(C(F)(F)F)c1. The van der Waals surface area contributed by atoms with E-state index in [9.17, 15) is 23.2 Å². The lowest BCUT2D eigenvalue weighted by Gasteiger charge is -2.09. The molecule has 1 amide bonds. The highest BCUT2D eigenvalue weighted by Gasteiger charge is 2.30. The van der Waals surface area contributed by atoms with Crippen LogP contribution in [0.5, 0.6) is 0 Å². The molecule has 29 heavy (non-hydrogen) atoms. The van der Waals surface area contributed by atoms with Crippen molar-refractivity contribution in [2.24, 2.45) is 0 Å². The fraction of sp³-hybridized carbons (Fsp3) is 0.0500. The maximum absolute atomic E-state index is 12.8. The number of benzene rings is 2. The molecular formula is C20H12BrF3N4O. The van der Waals surface area contributed by atoms with E-state index in [1.165, 1.54) is 24.4 Å². The zero-order valence-electron chi connectivity index (χ0n) is 14.6. The number of hydrogen-bond acceptors (Lipinski definition) is 3. The first-order chi connectivity index (χ1) is 13.8. The fourth-order valence-electron chi connectivity index (χ4n) is 2.53. The first-order valence-electron chi connectivity index (χ1n) is 8.17. The Kier molecular flexibility index (Phi) is 5.84. The monoisotopic (exact) mass is 460 g/mol. The van der Waals surface area contributed by atoms with Crippen LogP contribution in [0.1, 0.15) is 11.1 Å². The number of H-pyrrole nitrogens is 1. The molecule has 0 spiro atoms. The van der Waals surface area contributed by atoms with E-state index in [-0.39, 0.29) is 11.3 Å². The Morgan fingerprint density at radius 3 is 2.59 bits per heavy atom. The number of aromatic nitrogens is 2. The number of nitrogens with zero attached hydrogens (tertiary/aromatic N) is 2. The van der Waals surface area contributed by atoms with Gasteiger partial charge in [-0.25, -0.2) is 0 Å². The molecule has 0 saturated heterocycles. The van der Waals surface area contributed by atoms with Crippen LogP contribution in [0.2, 0.25) is 0 Å². The Hall–Kier alpha value is -3.38. The first-order valence-corrected chi connectivity index (χ1v) is 8.97. The van der Waals surface area contributed by atoms with Crippen LogP contribution in [-0.4, -0.2) is 16.1 Å². The second-order valence-electron chi connectivity index (χ2n) is 5.91. The van der Waals surface area contributed by atoms with Crippen LogP contribution in [0.3, 0.4) is 0 Å². The van der Waals surface area contributed by atoms with Crippen molar-refractivity contribution in [2.45, 2.75) is 6.18 Å². The second-order valence-corrected chi connectivity index (χ2v) is 6.83. The molecule has 1 aromatic heterocycles. The molecule has 5 nitrogen and oxygen atoms in total. The molecule has 0 bridgehead atoms. The molecule has 0 unspecified atom stereocenters.